The minimum Gasteiger partial charge on any atom is -0.493 e. The van der Waals surface area contributed by atoms with Gasteiger partial charge in [0.15, 0.2) is 23.0 Å². The number of amides is 2. The number of nitrogens with one attached hydrogen (secondary N) is 2. The number of hydrogen-bond acceptors (Lipinski definition) is 8. The smallest absolute Gasteiger partial charge is 0.240 e. The zero-order chi connectivity index (χ0) is 24.1. The van der Waals surface area contributed by atoms with E-state index in [2.05, 4.69) is 21.1 Å². The second-order valence-electron chi connectivity index (χ2n) is 6.61. The highest BCUT2D eigenvalue weighted by atomic mass is 16.5. The fourth-order valence-corrected chi connectivity index (χ4v) is 2.90. The molecule has 2 N–H and O–H groups in total. The van der Waals surface area contributed by atoms with Crippen molar-refractivity contribution in [3.8, 4) is 23.0 Å². The van der Waals surface area contributed by atoms with Gasteiger partial charge in [-0.25, -0.2) is 10.9 Å². The van der Waals surface area contributed by atoms with Crippen LogP contribution in [0.1, 0.15) is 30.4 Å². The van der Waals surface area contributed by atoms with Gasteiger partial charge in [-0.3, -0.25) is 9.59 Å². The molecule has 0 spiro atoms. The summed E-state index contributed by atoms with van der Waals surface area (Å²) in [5, 5.41) is 7.86. The molecule has 0 bridgehead atoms. The SMILES string of the molecule is COc1cccc(/C=N/NC(=O)CCCC(=O)N/N=C/c2cccc(OC)c2OC)c1OC. The molecule has 0 atom stereocenters. The van der Waals surface area contributed by atoms with Crippen molar-refractivity contribution in [1.29, 1.82) is 0 Å². The quantitative estimate of drug-likeness (QED) is 0.374. The van der Waals surface area contributed by atoms with Crippen molar-refractivity contribution < 1.29 is 28.5 Å². The molecule has 2 aromatic rings. The molecule has 0 aliphatic carbocycles. The topological polar surface area (TPSA) is 120 Å². The number of para-hydroxylation sites is 2. The van der Waals surface area contributed by atoms with Crippen molar-refractivity contribution in [1.82, 2.24) is 10.9 Å². The standard InChI is InChI=1S/C23H28N4O6/c1-30-18-10-5-8-16(22(18)32-3)14-24-26-20(28)12-7-13-21(29)27-25-15-17-9-6-11-19(31-2)23(17)33-4/h5-6,8-11,14-15H,7,12-13H2,1-4H3,(H,26,28)(H,27,29)/b24-14+,25-15+. The maximum absolute atomic E-state index is 12.0. The van der Waals surface area contributed by atoms with Crippen LogP contribution in [-0.4, -0.2) is 52.7 Å². The van der Waals surface area contributed by atoms with Gasteiger partial charge in [0.05, 0.1) is 40.9 Å². The second kappa shape index (κ2) is 13.4. The summed E-state index contributed by atoms with van der Waals surface area (Å²) < 4.78 is 21.0. The predicted molar refractivity (Wildman–Crippen MR) is 124 cm³/mol. The average Bonchev–Trinajstić information content (AvgIpc) is 2.83. The molecular formula is C23H28N4O6. The van der Waals surface area contributed by atoms with Crippen LogP contribution in [0.3, 0.4) is 0 Å². The van der Waals surface area contributed by atoms with Crippen LogP contribution < -0.4 is 29.8 Å². The van der Waals surface area contributed by atoms with Gasteiger partial charge >= 0.3 is 0 Å². The van der Waals surface area contributed by atoms with E-state index in [-0.39, 0.29) is 24.7 Å². The number of rotatable bonds is 12. The minimum absolute atomic E-state index is 0.132. The summed E-state index contributed by atoms with van der Waals surface area (Å²) in [4.78, 5) is 23.9. The molecule has 0 aliphatic rings. The van der Waals surface area contributed by atoms with Crippen molar-refractivity contribution in [2.45, 2.75) is 19.3 Å². The Morgan fingerprint density at radius 1 is 0.727 bits per heavy atom. The molecule has 0 aromatic heterocycles. The Bertz CT molecular complexity index is 927. The largest absolute Gasteiger partial charge is 0.493 e. The van der Waals surface area contributed by atoms with E-state index in [0.29, 0.717) is 40.5 Å². The molecule has 2 rings (SSSR count). The summed E-state index contributed by atoms with van der Waals surface area (Å²) >= 11 is 0. The van der Waals surface area contributed by atoms with E-state index in [1.165, 1.54) is 40.9 Å². The van der Waals surface area contributed by atoms with Crippen LogP contribution in [0.25, 0.3) is 0 Å². The highest BCUT2D eigenvalue weighted by molar-refractivity contribution is 5.87. The number of carbonyl (C=O) groups excluding carboxylic acids is 2. The van der Waals surface area contributed by atoms with Gasteiger partial charge in [0, 0.05) is 24.0 Å². The Hall–Kier alpha value is -4.08. The van der Waals surface area contributed by atoms with Gasteiger partial charge in [-0.05, 0) is 30.7 Å². The molecule has 33 heavy (non-hydrogen) atoms. The fraction of sp³-hybridized carbons (Fsp3) is 0.304. The summed E-state index contributed by atoms with van der Waals surface area (Å²) in [5.74, 6) is 1.53. The molecule has 0 aliphatic heterocycles. The highest BCUT2D eigenvalue weighted by Gasteiger charge is 2.09. The molecule has 176 valence electrons. The Morgan fingerprint density at radius 3 is 1.52 bits per heavy atom. The van der Waals surface area contributed by atoms with Crippen LogP contribution >= 0.6 is 0 Å². The molecule has 0 heterocycles. The summed E-state index contributed by atoms with van der Waals surface area (Å²) in [7, 11) is 6.13. The van der Waals surface area contributed by atoms with Gasteiger partial charge in [-0.15, -0.1) is 0 Å². The van der Waals surface area contributed by atoms with E-state index >= 15 is 0 Å². The lowest BCUT2D eigenvalue weighted by Gasteiger charge is -2.09. The van der Waals surface area contributed by atoms with Crippen molar-refractivity contribution >= 4 is 24.2 Å². The lowest BCUT2D eigenvalue weighted by atomic mass is 10.2. The number of carbonyl (C=O) groups is 2. The number of benzene rings is 2. The Labute approximate surface area is 192 Å². The number of hydrogen-bond donors (Lipinski definition) is 2. The van der Waals surface area contributed by atoms with Gasteiger partial charge in [0.2, 0.25) is 11.8 Å². The summed E-state index contributed by atoms with van der Waals surface area (Å²) in [6.07, 6.45) is 3.54. The average molecular weight is 456 g/mol. The first kappa shape index (κ1) is 25.2. The van der Waals surface area contributed by atoms with Gasteiger partial charge in [-0.1, -0.05) is 12.1 Å². The number of ether oxygens (including phenoxy) is 4. The molecule has 0 radical (unpaired) electrons. The van der Waals surface area contributed by atoms with Gasteiger partial charge in [-0.2, -0.15) is 10.2 Å². The third-order valence-corrected chi connectivity index (χ3v) is 4.46. The van der Waals surface area contributed by atoms with Crippen LogP contribution in [0, 0.1) is 0 Å². The molecule has 2 amide bonds. The zero-order valence-corrected chi connectivity index (χ0v) is 19.1. The molecule has 0 fully saturated rings. The Morgan fingerprint density at radius 2 is 1.15 bits per heavy atom. The Kier molecular flexibility index (Phi) is 10.2. The third kappa shape index (κ3) is 7.53. The first-order valence-electron chi connectivity index (χ1n) is 10.1. The predicted octanol–water partition coefficient (Wildman–Crippen LogP) is 2.49. The van der Waals surface area contributed by atoms with Crippen LogP contribution in [0.15, 0.2) is 46.6 Å². The van der Waals surface area contributed by atoms with Crippen molar-refractivity contribution in [3.63, 3.8) is 0 Å². The van der Waals surface area contributed by atoms with Crippen LogP contribution in [0.2, 0.25) is 0 Å². The molecule has 0 unspecified atom stereocenters. The highest BCUT2D eigenvalue weighted by Crippen LogP contribution is 2.30. The molecular weight excluding hydrogens is 428 g/mol. The van der Waals surface area contributed by atoms with Crippen molar-refractivity contribution in [2.24, 2.45) is 10.2 Å². The van der Waals surface area contributed by atoms with E-state index in [9.17, 15) is 9.59 Å². The summed E-state index contributed by atoms with van der Waals surface area (Å²) in [6, 6.07) is 10.7. The number of nitrogens with zero attached hydrogens (tertiary/aromatic N) is 2. The van der Waals surface area contributed by atoms with Crippen LogP contribution in [-0.2, 0) is 9.59 Å². The molecule has 2 aromatic carbocycles. The van der Waals surface area contributed by atoms with Crippen LogP contribution in [0.4, 0.5) is 0 Å². The van der Waals surface area contributed by atoms with E-state index in [4.69, 9.17) is 18.9 Å². The molecule has 0 saturated carbocycles. The van der Waals surface area contributed by atoms with Gasteiger partial charge in [0.1, 0.15) is 0 Å². The maximum Gasteiger partial charge on any atom is 0.240 e. The van der Waals surface area contributed by atoms with E-state index in [1.807, 2.05) is 0 Å². The zero-order valence-electron chi connectivity index (χ0n) is 19.1. The fourth-order valence-electron chi connectivity index (χ4n) is 2.90. The van der Waals surface area contributed by atoms with E-state index in [0.717, 1.165) is 0 Å². The molecule has 10 nitrogen and oxygen atoms in total. The number of methoxy groups -OCH3 is 4. The first-order valence-corrected chi connectivity index (χ1v) is 10.1. The summed E-state index contributed by atoms with van der Waals surface area (Å²) in [5.41, 5.74) is 6.17. The minimum atomic E-state index is -0.314. The van der Waals surface area contributed by atoms with Crippen LogP contribution in [0.5, 0.6) is 23.0 Å². The second-order valence-corrected chi connectivity index (χ2v) is 6.61. The monoisotopic (exact) mass is 456 g/mol. The van der Waals surface area contributed by atoms with E-state index < -0.39 is 0 Å². The van der Waals surface area contributed by atoms with E-state index in [1.54, 1.807) is 36.4 Å². The Balaban J connectivity index is 1.76. The molecule has 0 saturated heterocycles. The van der Waals surface area contributed by atoms with Crippen molar-refractivity contribution in [3.05, 3.63) is 47.5 Å². The van der Waals surface area contributed by atoms with Gasteiger partial charge < -0.3 is 18.9 Å². The van der Waals surface area contributed by atoms with Crippen molar-refractivity contribution in [2.75, 3.05) is 28.4 Å². The normalized spacial score (nSPS) is 10.8. The molecule has 10 heteroatoms. The maximum atomic E-state index is 12.0. The third-order valence-electron chi connectivity index (χ3n) is 4.46. The first-order chi connectivity index (χ1) is 16.0. The summed E-state index contributed by atoms with van der Waals surface area (Å²) in [6.45, 7) is 0. The lowest BCUT2D eigenvalue weighted by Crippen LogP contribution is -2.20. The van der Waals surface area contributed by atoms with Gasteiger partial charge in [0.25, 0.3) is 0 Å². The lowest BCUT2D eigenvalue weighted by molar-refractivity contribution is -0.122. The number of hydrazone groups is 2.